The Morgan fingerprint density at radius 2 is 0.735 bits per heavy atom. The predicted octanol–water partition coefficient (Wildman–Crippen LogP) is 15.1. The molecule has 0 radical (unpaired) electrons. The fourth-order valence-corrected chi connectivity index (χ4v) is 7.21. The molecule has 2 aromatic rings. The number of rotatable bonds is 24. The first-order valence-corrected chi connectivity index (χ1v) is 19.7. The van der Waals surface area contributed by atoms with E-state index >= 15 is 0 Å². The minimum Gasteiger partial charge on any atom is -0.493 e. The zero-order valence-electron chi connectivity index (χ0n) is 33.2. The van der Waals surface area contributed by atoms with E-state index in [2.05, 4.69) is 77.9 Å². The number of allylic oxidation sites excluding steroid dienone is 2. The van der Waals surface area contributed by atoms with Crippen LogP contribution in [0.4, 0.5) is 0 Å². The molecule has 0 bridgehead atoms. The van der Waals surface area contributed by atoms with Crippen LogP contribution in [0.5, 0.6) is 0 Å². The first-order valence-electron chi connectivity index (χ1n) is 19.7. The van der Waals surface area contributed by atoms with Crippen molar-refractivity contribution in [3.63, 3.8) is 0 Å². The van der Waals surface area contributed by atoms with E-state index in [4.69, 9.17) is 0 Å². The van der Waals surface area contributed by atoms with Gasteiger partial charge in [-0.15, -0.1) is 0 Å². The van der Waals surface area contributed by atoms with Gasteiger partial charge in [-0.2, -0.15) is 0 Å². The molecule has 0 spiro atoms. The van der Waals surface area contributed by atoms with Crippen LogP contribution in [0.1, 0.15) is 190 Å². The van der Waals surface area contributed by atoms with E-state index in [0.717, 1.165) is 75.6 Å². The summed E-state index contributed by atoms with van der Waals surface area (Å²) >= 11 is 0. The average Bonchev–Trinajstić information content (AvgIpc) is 3.35. The van der Waals surface area contributed by atoms with Crippen molar-refractivity contribution in [3.05, 3.63) is 101 Å². The van der Waals surface area contributed by atoms with Crippen LogP contribution in [-0.2, 0) is 42.2 Å². The van der Waals surface area contributed by atoms with E-state index in [1.54, 1.807) is 4.70 Å². The van der Waals surface area contributed by atoms with Crippen LogP contribution in [0.2, 0.25) is 0 Å². The van der Waals surface area contributed by atoms with Gasteiger partial charge >= 0.3 is 16.5 Å². The minimum absolute atomic E-state index is 0. The van der Waals surface area contributed by atoms with Gasteiger partial charge < -0.3 is 20.4 Å². The maximum absolute atomic E-state index is 12.3. The van der Waals surface area contributed by atoms with E-state index < -0.39 is 0 Å². The predicted molar refractivity (Wildman–Crippen MR) is 215 cm³/mol. The number of unbranched alkanes of at least 4 members (excludes halogenated alkanes) is 12. The van der Waals surface area contributed by atoms with Crippen LogP contribution in [0.3, 0.4) is 0 Å². The molecular weight excluding hydrogens is 639 g/mol. The van der Waals surface area contributed by atoms with Crippen molar-refractivity contribution in [2.24, 2.45) is 0 Å². The summed E-state index contributed by atoms with van der Waals surface area (Å²) in [5.74, 6) is 0. The Balaban J connectivity index is 0.00000768. The summed E-state index contributed by atoms with van der Waals surface area (Å²) in [4.78, 5) is 0. The molecule has 3 rings (SSSR count). The van der Waals surface area contributed by atoms with Crippen molar-refractivity contribution >= 4 is 11.4 Å². The zero-order chi connectivity index (χ0) is 33.1. The minimum atomic E-state index is 0. The number of aryl methyl sites for hydroxylation is 4. The zero-order valence-corrected chi connectivity index (χ0v) is 34.2. The van der Waals surface area contributed by atoms with Crippen LogP contribution < -0.4 is 0 Å². The Hall–Kier alpha value is -1.99. The smallest absolute Gasteiger partial charge is 0.493 e. The topological polar surface area (TPSA) is 25.3 Å². The molecule has 2 aromatic carbocycles. The fourth-order valence-electron chi connectivity index (χ4n) is 7.21. The SMILES string of the molecule is CCCCCCCCc1cc(CCCCCCCC)cc(C2=C(CCCC)C(CCCC)=C(c3cc(CC)cc(CC)c3)[N+]2=[N-])c1.[CH3-].[CH3-].[Ni+2]. The van der Waals surface area contributed by atoms with Crippen molar-refractivity contribution in [1.82, 2.24) is 0 Å². The van der Waals surface area contributed by atoms with E-state index in [-0.39, 0.29) is 31.3 Å². The number of nitrogens with zero attached hydrogens (tertiary/aromatic N) is 2. The van der Waals surface area contributed by atoms with Crippen LogP contribution >= 0.6 is 0 Å². The molecule has 0 saturated carbocycles. The fraction of sp³-hybridized carbons (Fsp3) is 0.609. The molecule has 49 heavy (non-hydrogen) atoms. The maximum atomic E-state index is 12.3. The van der Waals surface area contributed by atoms with Crippen molar-refractivity contribution in [2.75, 3.05) is 0 Å². The summed E-state index contributed by atoms with van der Waals surface area (Å²) in [6.07, 6.45) is 26.8. The molecule has 0 N–H and O–H groups in total. The molecule has 1 heterocycles. The molecule has 1 aliphatic rings. The number of hydrogen-bond donors (Lipinski definition) is 0. The van der Waals surface area contributed by atoms with Crippen molar-refractivity contribution in [3.8, 4) is 0 Å². The molecule has 278 valence electrons. The molecule has 1 aliphatic heterocycles. The average molecular weight is 714 g/mol. The van der Waals surface area contributed by atoms with E-state index in [1.165, 1.54) is 122 Å². The number of benzene rings is 2. The Morgan fingerprint density at radius 1 is 0.408 bits per heavy atom. The maximum Gasteiger partial charge on any atom is 2.00 e. The van der Waals surface area contributed by atoms with Gasteiger partial charge in [0.15, 0.2) is 0 Å². The standard InChI is InChI=1S/C44H68N2.2CH3.Ni/c1-7-13-17-19-21-23-25-37-30-38(26-24-22-20-18-14-8-2)34-40(33-37)44-42(28-16-10-4)41(27-15-9-3)43(46(44)45)39-31-35(11-5)29-36(12-6)32-39;;;/h29-34H,7-28H2,1-6H3;2*1H3;/q;2*-1;+2. The van der Waals surface area contributed by atoms with Crippen molar-refractivity contribution < 1.29 is 21.2 Å². The van der Waals surface area contributed by atoms with E-state index in [0.29, 0.717) is 0 Å². The van der Waals surface area contributed by atoms with Gasteiger partial charge in [-0.1, -0.05) is 131 Å². The van der Waals surface area contributed by atoms with Gasteiger partial charge in [-0.3, -0.25) is 0 Å². The van der Waals surface area contributed by atoms with E-state index in [9.17, 15) is 5.53 Å². The summed E-state index contributed by atoms with van der Waals surface area (Å²) < 4.78 is 1.63. The van der Waals surface area contributed by atoms with Crippen LogP contribution in [0.15, 0.2) is 47.5 Å². The van der Waals surface area contributed by atoms with Crippen LogP contribution in [0.25, 0.3) is 16.9 Å². The summed E-state index contributed by atoms with van der Waals surface area (Å²) in [6, 6.07) is 14.4. The second kappa shape index (κ2) is 26.8. The first kappa shape index (κ1) is 47.0. The van der Waals surface area contributed by atoms with Crippen molar-refractivity contribution in [2.45, 2.75) is 183 Å². The second-order valence-electron chi connectivity index (χ2n) is 14.0. The summed E-state index contributed by atoms with van der Waals surface area (Å²) in [7, 11) is 0. The van der Waals surface area contributed by atoms with Gasteiger partial charge in [0, 0.05) is 22.3 Å². The molecule has 0 unspecified atom stereocenters. The van der Waals surface area contributed by atoms with Crippen molar-refractivity contribution in [1.29, 1.82) is 0 Å². The summed E-state index contributed by atoms with van der Waals surface area (Å²) in [6.45, 7) is 13.7. The van der Waals surface area contributed by atoms with Gasteiger partial charge in [0.1, 0.15) is 0 Å². The normalized spacial score (nSPS) is 12.7. The summed E-state index contributed by atoms with van der Waals surface area (Å²) in [5, 5.41) is 0. The molecule has 0 aromatic heterocycles. The Kier molecular flexibility index (Phi) is 25.7. The number of hydrogen-bond acceptors (Lipinski definition) is 0. The quantitative estimate of drug-likeness (QED) is 0.0448. The first-order chi connectivity index (χ1) is 22.5. The molecular formula is C46H74N2Ni. The molecule has 0 saturated heterocycles. The third-order valence-electron chi connectivity index (χ3n) is 10.0. The summed E-state index contributed by atoms with van der Waals surface area (Å²) in [5.41, 5.74) is 25.2. The second-order valence-corrected chi connectivity index (χ2v) is 14.0. The molecule has 0 atom stereocenters. The van der Waals surface area contributed by atoms with Crippen LogP contribution in [-0.4, -0.2) is 4.70 Å². The molecule has 0 fully saturated rings. The molecule has 0 amide bonds. The Labute approximate surface area is 315 Å². The Morgan fingerprint density at radius 3 is 1.10 bits per heavy atom. The monoisotopic (exact) mass is 713 g/mol. The largest absolute Gasteiger partial charge is 2.00 e. The molecule has 3 heteroatoms. The van der Waals surface area contributed by atoms with E-state index in [1.807, 2.05) is 0 Å². The molecule has 0 aliphatic carbocycles. The van der Waals surface area contributed by atoms with Gasteiger partial charge in [0.25, 0.3) is 0 Å². The van der Waals surface area contributed by atoms with Gasteiger partial charge in [-0.25, -0.2) is 4.70 Å². The van der Waals surface area contributed by atoms with Crippen LogP contribution in [0, 0.1) is 14.9 Å². The third kappa shape index (κ3) is 14.6. The van der Waals surface area contributed by atoms with Gasteiger partial charge in [0.05, 0.1) is 0 Å². The molecule has 2 nitrogen and oxygen atoms in total. The van der Waals surface area contributed by atoms with Gasteiger partial charge in [0.2, 0.25) is 11.4 Å². The Bertz CT molecular complexity index is 1230. The third-order valence-corrected chi connectivity index (χ3v) is 10.0. The van der Waals surface area contributed by atoms with Gasteiger partial charge in [-0.05, 0) is 111 Å².